The minimum Gasteiger partial charge on any atom is -0.497 e. The van der Waals surface area contributed by atoms with Crippen LogP contribution in [0.15, 0.2) is 42.5 Å². The highest BCUT2D eigenvalue weighted by Crippen LogP contribution is 2.18. The van der Waals surface area contributed by atoms with Crippen molar-refractivity contribution in [3.63, 3.8) is 0 Å². The molecule has 0 radical (unpaired) electrons. The van der Waals surface area contributed by atoms with Gasteiger partial charge in [-0.25, -0.2) is 0 Å². The fourth-order valence-electron chi connectivity index (χ4n) is 2.49. The van der Waals surface area contributed by atoms with E-state index in [2.05, 4.69) is 5.32 Å². The molecule has 6 nitrogen and oxygen atoms in total. The molecule has 0 aromatic heterocycles. The Hall–Kier alpha value is -3.02. The summed E-state index contributed by atoms with van der Waals surface area (Å²) in [6, 6.07) is 13.0. The molecule has 0 bridgehead atoms. The molecule has 1 amide bonds. The molecule has 0 spiro atoms. The Kier molecular flexibility index (Phi) is 7.87. The first kappa shape index (κ1) is 21.3. The molecule has 0 aliphatic carbocycles. The minimum absolute atomic E-state index is 0.178. The van der Waals surface area contributed by atoms with Gasteiger partial charge in [0.25, 0.3) is 5.91 Å². The molecular weight excluding hydrogens is 358 g/mol. The maximum atomic E-state index is 12.3. The molecule has 0 saturated carbocycles. The summed E-state index contributed by atoms with van der Waals surface area (Å²) < 4.78 is 15.9. The van der Waals surface area contributed by atoms with Crippen LogP contribution in [-0.2, 0) is 14.3 Å². The van der Waals surface area contributed by atoms with Gasteiger partial charge in [-0.1, -0.05) is 12.1 Å². The van der Waals surface area contributed by atoms with Crippen LogP contribution in [0.1, 0.15) is 30.9 Å². The Balaban J connectivity index is 1.71. The van der Waals surface area contributed by atoms with E-state index in [-0.39, 0.29) is 12.3 Å². The lowest BCUT2D eigenvalue weighted by molar-refractivity contribution is -0.153. The largest absolute Gasteiger partial charge is 0.497 e. The van der Waals surface area contributed by atoms with Gasteiger partial charge in [0.1, 0.15) is 11.5 Å². The fraction of sp³-hybridized carbons (Fsp3) is 0.364. The van der Waals surface area contributed by atoms with E-state index < -0.39 is 12.1 Å². The maximum Gasteiger partial charge on any atom is 0.306 e. The highest BCUT2D eigenvalue weighted by Gasteiger charge is 2.18. The molecule has 0 fully saturated rings. The van der Waals surface area contributed by atoms with Crippen LogP contribution in [0.2, 0.25) is 0 Å². The van der Waals surface area contributed by atoms with Gasteiger partial charge >= 0.3 is 5.97 Å². The van der Waals surface area contributed by atoms with E-state index in [1.165, 1.54) is 0 Å². The molecule has 2 aromatic rings. The fourth-order valence-corrected chi connectivity index (χ4v) is 2.49. The number of nitrogens with one attached hydrogen (secondary N) is 1. The van der Waals surface area contributed by atoms with Crippen molar-refractivity contribution in [2.45, 2.75) is 39.7 Å². The van der Waals surface area contributed by atoms with Gasteiger partial charge in [0.05, 0.1) is 13.7 Å². The first-order valence-electron chi connectivity index (χ1n) is 9.23. The zero-order valence-electron chi connectivity index (χ0n) is 16.8. The van der Waals surface area contributed by atoms with Crippen LogP contribution in [0, 0.1) is 13.8 Å². The number of anilines is 1. The van der Waals surface area contributed by atoms with E-state index in [0.717, 1.165) is 22.6 Å². The number of amides is 1. The molecular formula is C22H27NO5. The summed E-state index contributed by atoms with van der Waals surface area (Å²) in [7, 11) is 1.60. The molecule has 28 heavy (non-hydrogen) atoms. The van der Waals surface area contributed by atoms with Crippen LogP contribution in [0.5, 0.6) is 11.5 Å². The maximum absolute atomic E-state index is 12.3. The van der Waals surface area contributed by atoms with Crippen molar-refractivity contribution in [2.75, 3.05) is 19.0 Å². The van der Waals surface area contributed by atoms with Crippen molar-refractivity contribution in [3.05, 3.63) is 53.6 Å². The predicted molar refractivity (Wildman–Crippen MR) is 108 cm³/mol. The monoisotopic (exact) mass is 385 g/mol. The van der Waals surface area contributed by atoms with Crippen molar-refractivity contribution < 1.29 is 23.8 Å². The van der Waals surface area contributed by atoms with E-state index in [1.54, 1.807) is 38.3 Å². The zero-order chi connectivity index (χ0) is 20.5. The number of esters is 1. The molecule has 2 aromatic carbocycles. The lowest BCUT2D eigenvalue weighted by atomic mass is 10.1. The standard InChI is InChI=1S/C22H27NO5/c1-15-7-8-16(2)20(14-15)23-22(25)17(3)28-21(24)6-5-13-27-19-11-9-18(26-4)10-12-19/h7-12,14,17H,5-6,13H2,1-4H3,(H,23,25)/t17-/m1/s1. The lowest BCUT2D eigenvalue weighted by Crippen LogP contribution is -2.30. The Labute approximate surface area is 165 Å². The van der Waals surface area contributed by atoms with Gasteiger partial charge in [-0.2, -0.15) is 0 Å². The second kappa shape index (κ2) is 10.3. The van der Waals surface area contributed by atoms with Crippen LogP contribution in [0.3, 0.4) is 0 Å². The molecule has 1 N–H and O–H groups in total. The second-order valence-electron chi connectivity index (χ2n) is 6.57. The van der Waals surface area contributed by atoms with Crippen LogP contribution < -0.4 is 14.8 Å². The van der Waals surface area contributed by atoms with E-state index in [9.17, 15) is 9.59 Å². The highest BCUT2D eigenvalue weighted by molar-refractivity contribution is 5.95. The molecule has 1 atom stereocenters. The van der Waals surface area contributed by atoms with Crippen molar-refractivity contribution in [1.82, 2.24) is 0 Å². The summed E-state index contributed by atoms with van der Waals surface area (Å²) in [5.74, 6) is 0.679. The van der Waals surface area contributed by atoms with E-state index in [1.807, 2.05) is 32.0 Å². The predicted octanol–water partition coefficient (Wildman–Crippen LogP) is 4.04. The van der Waals surface area contributed by atoms with Gasteiger partial charge in [-0.05, 0) is 68.7 Å². The number of benzene rings is 2. The molecule has 0 aliphatic heterocycles. The summed E-state index contributed by atoms with van der Waals surface area (Å²) in [6.45, 7) is 5.80. The number of hydrogen-bond donors (Lipinski definition) is 1. The normalized spacial score (nSPS) is 11.4. The van der Waals surface area contributed by atoms with Crippen LogP contribution in [-0.4, -0.2) is 31.7 Å². The smallest absolute Gasteiger partial charge is 0.306 e. The van der Waals surface area contributed by atoms with Gasteiger partial charge in [0.2, 0.25) is 0 Å². The van der Waals surface area contributed by atoms with Gasteiger partial charge in [0.15, 0.2) is 6.10 Å². The van der Waals surface area contributed by atoms with Gasteiger partial charge in [-0.15, -0.1) is 0 Å². The van der Waals surface area contributed by atoms with E-state index >= 15 is 0 Å². The average Bonchev–Trinajstić information content (AvgIpc) is 2.68. The van der Waals surface area contributed by atoms with E-state index in [0.29, 0.717) is 18.8 Å². The number of rotatable bonds is 9. The number of carbonyl (C=O) groups excluding carboxylic acids is 2. The second-order valence-corrected chi connectivity index (χ2v) is 6.57. The third kappa shape index (κ3) is 6.61. The number of carbonyl (C=O) groups is 2. The quantitative estimate of drug-likeness (QED) is 0.521. The molecule has 0 saturated heterocycles. The summed E-state index contributed by atoms with van der Waals surface area (Å²) in [6.07, 6.45) is -0.192. The van der Waals surface area contributed by atoms with Crippen LogP contribution in [0.4, 0.5) is 5.69 Å². The number of hydrogen-bond acceptors (Lipinski definition) is 5. The number of methoxy groups -OCH3 is 1. The van der Waals surface area contributed by atoms with Gasteiger partial charge in [0, 0.05) is 12.1 Å². The van der Waals surface area contributed by atoms with E-state index in [4.69, 9.17) is 14.2 Å². The molecule has 0 aliphatic rings. The summed E-state index contributed by atoms with van der Waals surface area (Å²) in [5, 5.41) is 2.80. The van der Waals surface area contributed by atoms with Crippen molar-refractivity contribution >= 4 is 17.6 Å². The number of aryl methyl sites for hydroxylation is 2. The first-order chi connectivity index (χ1) is 13.4. The SMILES string of the molecule is COc1ccc(OCCCC(=O)O[C@H](C)C(=O)Nc2cc(C)ccc2C)cc1. The molecule has 0 heterocycles. The van der Waals surface area contributed by atoms with Gasteiger partial charge < -0.3 is 19.5 Å². The molecule has 150 valence electrons. The first-order valence-corrected chi connectivity index (χ1v) is 9.23. The summed E-state index contributed by atoms with van der Waals surface area (Å²) >= 11 is 0. The Morgan fingerprint density at radius 1 is 1.04 bits per heavy atom. The topological polar surface area (TPSA) is 73.9 Å². The van der Waals surface area contributed by atoms with Crippen molar-refractivity contribution in [2.24, 2.45) is 0 Å². The Bertz CT molecular complexity index is 801. The lowest BCUT2D eigenvalue weighted by Gasteiger charge is -2.15. The van der Waals surface area contributed by atoms with Crippen molar-refractivity contribution in [1.29, 1.82) is 0 Å². The average molecular weight is 385 g/mol. The highest BCUT2D eigenvalue weighted by atomic mass is 16.5. The summed E-state index contributed by atoms with van der Waals surface area (Å²) in [5.41, 5.74) is 2.72. The molecule has 0 unspecified atom stereocenters. The Morgan fingerprint density at radius 2 is 1.71 bits per heavy atom. The third-order valence-corrected chi connectivity index (χ3v) is 4.18. The van der Waals surface area contributed by atoms with Crippen molar-refractivity contribution in [3.8, 4) is 11.5 Å². The van der Waals surface area contributed by atoms with Crippen LogP contribution >= 0.6 is 0 Å². The number of ether oxygens (including phenoxy) is 3. The third-order valence-electron chi connectivity index (χ3n) is 4.18. The van der Waals surface area contributed by atoms with Crippen LogP contribution in [0.25, 0.3) is 0 Å². The van der Waals surface area contributed by atoms with Gasteiger partial charge in [-0.3, -0.25) is 9.59 Å². The molecule has 2 rings (SSSR count). The summed E-state index contributed by atoms with van der Waals surface area (Å²) in [4.78, 5) is 24.2. The molecule has 6 heteroatoms. The zero-order valence-corrected chi connectivity index (χ0v) is 16.8. The Morgan fingerprint density at radius 3 is 2.39 bits per heavy atom. The minimum atomic E-state index is -0.866.